The molecule has 2 N–H and O–H groups in total. The van der Waals surface area contributed by atoms with Gasteiger partial charge in [-0.1, -0.05) is 25.1 Å². The van der Waals surface area contributed by atoms with Gasteiger partial charge in [-0.3, -0.25) is 14.5 Å². The summed E-state index contributed by atoms with van der Waals surface area (Å²) in [7, 11) is 0. The molecule has 1 amide bonds. The quantitative estimate of drug-likeness (QED) is 0.802. The number of aromatic nitrogens is 2. The fourth-order valence-corrected chi connectivity index (χ4v) is 3.99. The highest BCUT2D eigenvalue weighted by molar-refractivity contribution is 5.92. The summed E-state index contributed by atoms with van der Waals surface area (Å²) in [6.45, 7) is 3.38. The molecule has 0 radical (unpaired) electrons. The van der Waals surface area contributed by atoms with E-state index in [1.807, 2.05) is 48.2 Å². The number of likely N-dealkylation sites (tertiary alicyclic amines) is 1. The highest BCUT2D eigenvalue weighted by atomic mass is 16.4. The van der Waals surface area contributed by atoms with Crippen molar-refractivity contribution in [3.63, 3.8) is 0 Å². The Hall–Kier alpha value is -2.67. The van der Waals surface area contributed by atoms with E-state index >= 15 is 0 Å². The predicted molar refractivity (Wildman–Crippen MR) is 106 cm³/mol. The average Bonchev–Trinajstić information content (AvgIpc) is 3.43. The lowest BCUT2D eigenvalue weighted by Gasteiger charge is -2.34. The van der Waals surface area contributed by atoms with Crippen LogP contribution < -0.4 is 5.32 Å². The Kier molecular flexibility index (Phi) is 5.17. The van der Waals surface area contributed by atoms with Gasteiger partial charge in [-0.2, -0.15) is 5.10 Å². The molecule has 148 valence electrons. The highest BCUT2D eigenvalue weighted by Gasteiger charge is 2.31. The van der Waals surface area contributed by atoms with E-state index in [1.54, 1.807) is 4.68 Å². The average molecular weight is 382 g/mol. The molecule has 1 aromatic carbocycles. The third-order valence-corrected chi connectivity index (χ3v) is 5.44. The van der Waals surface area contributed by atoms with Crippen LogP contribution in [0.2, 0.25) is 0 Å². The molecule has 2 unspecified atom stereocenters. The van der Waals surface area contributed by atoms with Crippen LogP contribution in [0.4, 0.5) is 5.82 Å². The van der Waals surface area contributed by atoms with E-state index in [1.165, 1.54) is 0 Å². The molecule has 2 atom stereocenters. The fourth-order valence-electron chi connectivity index (χ4n) is 3.99. The molecule has 1 aromatic heterocycles. The van der Waals surface area contributed by atoms with E-state index in [-0.39, 0.29) is 18.4 Å². The zero-order chi connectivity index (χ0) is 19.7. The minimum atomic E-state index is -0.784. The number of hydrogen-bond donors (Lipinski definition) is 2. The van der Waals surface area contributed by atoms with Gasteiger partial charge in [0.05, 0.1) is 23.8 Å². The minimum absolute atomic E-state index is 0.141. The second-order valence-electron chi connectivity index (χ2n) is 8.09. The van der Waals surface area contributed by atoms with Crippen molar-refractivity contribution in [3.8, 4) is 5.69 Å². The van der Waals surface area contributed by atoms with E-state index in [0.717, 1.165) is 30.8 Å². The third-order valence-electron chi connectivity index (χ3n) is 5.44. The number of carboxylic acid groups (broad SMARTS) is 1. The van der Waals surface area contributed by atoms with Crippen LogP contribution in [0.15, 0.2) is 36.4 Å². The van der Waals surface area contributed by atoms with E-state index in [9.17, 15) is 14.7 Å². The number of piperidine rings is 1. The summed E-state index contributed by atoms with van der Waals surface area (Å²) in [6, 6.07) is 11.7. The monoisotopic (exact) mass is 382 g/mol. The number of aliphatic carboxylic acids is 1. The van der Waals surface area contributed by atoms with Gasteiger partial charge in [0.1, 0.15) is 5.82 Å². The van der Waals surface area contributed by atoms with Crippen LogP contribution in [0.25, 0.3) is 5.69 Å². The van der Waals surface area contributed by atoms with Gasteiger partial charge in [-0.25, -0.2) is 4.68 Å². The second-order valence-corrected chi connectivity index (χ2v) is 8.09. The minimum Gasteiger partial charge on any atom is -0.481 e. The van der Waals surface area contributed by atoms with Crippen molar-refractivity contribution < 1.29 is 14.7 Å². The zero-order valence-corrected chi connectivity index (χ0v) is 16.0. The van der Waals surface area contributed by atoms with Gasteiger partial charge < -0.3 is 10.4 Å². The van der Waals surface area contributed by atoms with Crippen molar-refractivity contribution in [2.24, 2.45) is 11.8 Å². The number of carbonyl (C=O) groups excluding carboxylic acids is 1. The third kappa shape index (κ3) is 4.25. The summed E-state index contributed by atoms with van der Waals surface area (Å²) < 4.78 is 1.78. The number of carbonyl (C=O) groups is 2. The number of nitrogens with one attached hydrogen (secondary N) is 1. The molecular formula is C21H26N4O3. The maximum Gasteiger partial charge on any atom is 0.307 e. The number of benzene rings is 1. The molecule has 1 saturated carbocycles. The second kappa shape index (κ2) is 7.75. The molecule has 0 bridgehead atoms. The van der Waals surface area contributed by atoms with Crippen LogP contribution in [-0.4, -0.2) is 51.3 Å². The first-order chi connectivity index (χ1) is 13.5. The SMILES string of the molecule is CC1CC(C(=O)O)CN(CC(=O)Nc2cc(C3CC3)nn2-c2ccccc2)C1. The number of hydrogen-bond acceptors (Lipinski definition) is 4. The highest BCUT2D eigenvalue weighted by Crippen LogP contribution is 2.40. The molecule has 1 aliphatic heterocycles. The number of para-hydroxylation sites is 1. The van der Waals surface area contributed by atoms with E-state index in [2.05, 4.69) is 5.32 Å². The van der Waals surface area contributed by atoms with Gasteiger partial charge in [0.15, 0.2) is 0 Å². The molecule has 2 aromatic rings. The Morgan fingerprint density at radius 2 is 1.96 bits per heavy atom. The topological polar surface area (TPSA) is 87.5 Å². The standard InChI is InChI=1S/C21H26N4O3/c1-14-9-16(21(27)28)12-24(11-14)13-20(26)22-19-10-18(15-7-8-15)23-25(19)17-5-3-2-4-6-17/h2-6,10,14-16H,7-9,11-13H2,1H3,(H,22,26)(H,27,28). The van der Waals surface area contributed by atoms with Crippen LogP contribution in [0.3, 0.4) is 0 Å². The summed E-state index contributed by atoms with van der Waals surface area (Å²) >= 11 is 0. The van der Waals surface area contributed by atoms with Crippen LogP contribution in [0.1, 0.15) is 37.8 Å². The molecule has 0 spiro atoms. The van der Waals surface area contributed by atoms with Crippen LogP contribution >= 0.6 is 0 Å². The molecular weight excluding hydrogens is 356 g/mol. The van der Waals surface area contributed by atoms with Crippen molar-refractivity contribution in [3.05, 3.63) is 42.1 Å². The number of rotatable bonds is 6. The number of anilines is 1. The largest absolute Gasteiger partial charge is 0.481 e. The Bertz CT molecular complexity index is 860. The Morgan fingerprint density at radius 1 is 1.21 bits per heavy atom. The molecule has 2 fully saturated rings. The molecule has 2 aliphatic rings. The summed E-state index contributed by atoms with van der Waals surface area (Å²) in [6.07, 6.45) is 2.95. The zero-order valence-electron chi connectivity index (χ0n) is 16.0. The fraction of sp³-hybridized carbons (Fsp3) is 0.476. The van der Waals surface area contributed by atoms with Gasteiger partial charge >= 0.3 is 5.97 Å². The van der Waals surface area contributed by atoms with Crippen molar-refractivity contribution in [2.75, 3.05) is 25.0 Å². The Morgan fingerprint density at radius 3 is 2.64 bits per heavy atom. The molecule has 4 rings (SSSR count). The lowest BCUT2D eigenvalue weighted by atomic mass is 9.90. The van der Waals surface area contributed by atoms with Crippen molar-refractivity contribution >= 4 is 17.7 Å². The van der Waals surface area contributed by atoms with E-state index in [4.69, 9.17) is 5.10 Å². The Balaban J connectivity index is 1.47. The predicted octanol–water partition coefficient (Wildman–Crippen LogP) is 2.73. The summed E-state index contributed by atoms with van der Waals surface area (Å²) in [5.74, 6) is 0.0792. The summed E-state index contributed by atoms with van der Waals surface area (Å²) in [5.41, 5.74) is 1.92. The maximum atomic E-state index is 12.7. The smallest absolute Gasteiger partial charge is 0.307 e. The number of nitrogens with zero attached hydrogens (tertiary/aromatic N) is 3. The molecule has 1 aliphatic carbocycles. The van der Waals surface area contributed by atoms with Gasteiger partial charge in [0.2, 0.25) is 5.91 Å². The summed E-state index contributed by atoms with van der Waals surface area (Å²) in [5, 5.41) is 17.0. The molecule has 28 heavy (non-hydrogen) atoms. The van der Waals surface area contributed by atoms with Crippen LogP contribution in [0, 0.1) is 11.8 Å². The molecule has 7 nitrogen and oxygen atoms in total. The van der Waals surface area contributed by atoms with Crippen molar-refractivity contribution in [1.29, 1.82) is 0 Å². The van der Waals surface area contributed by atoms with Gasteiger partial charge in [-0.05, 0) is 37.3 Å². The first kappa shape index (κ1) is 18.7. The summed E-state index contributed by atoms with van der Waals surface area (Å²) in [4.78, 5) is 26.0. The first-order valence-corrected chi connectivity index (χ1v) is 9.90. The van der Waals surface area contributed by atoms with Crippen molar-refractivity contribution in [1.82, 2.24) is 14.7 Å². The number of carboxylic acids is 1. The Labute approximate surface area is 164 Å². The van der Waals surface area contributed by atoms with E-state index in [0.29, 0.717) is 24.7 Å². The van der Waals surface area contributed by atoms with Gasteiger partial charge in [0.25, 0.3) is 0 Å². The van der Waals surface area contributed by atoms with Crippen LogP contribution in [0.5, 0.6) is 0 Å². The maximum absolute atomic E-state index is 12.7. The lowest BCUT2D eigenvalue weighted by Crippen LogP contribution is -2.45. The molecule has 2 heterocycles. The van der Waals surface area contributed by atoms with Gasteiger partial charge in [-0.15, -0.1) is 0 Å². The lowest BCUT2D eigenvalue weighted by molar-refractivity contribution is -0.144. The number of amides is 1. The van der Waals surface area contributed by atoms with Crippen LogP contribution in [-0.2, 0) is 9.59 Å². The normalized spacial score (nSPS) is 22.8. The van der Waals surface area contributed by atoms with E-state index < -0.39 is 11.9 Å². The van der Waals surface area contributed by atoms with Crippen molar-refractivity contribution in [2.45, 2.75) is 32.1 Å². The molecule has 7 heteroatoms. The van der Waals surface area contributed by atoms with Gasteiger partial charge in [0, 0.05) is 25.1 Å². The first-order valence-electron chi connectivity index (χ1n) is 9.90. The molecule has 1 saturated heterocycles.